The van der Waals surface area contributed by atoms with Crippen LogP contribution in [0.25, 0.3) is 0 Å². The second kappa shape index (κ2) is 5.71. The summed E-state index contributed by atoms with van der Waals surface area (Å²) in [6, 6.07) is 3.30. The fourth-order valence-electron chi connectivity index (χ4n) is 1.62. The smallest absolute Gasteiger partial charge is 0.261 e. The van der Waals surface area contributed by atoms with Crippen molar-refractivity contribution in [2.75, 3.05) is 20.3 Å². The van der Waals surface area contributed by atoms with Gasteiger partial charge >= 0.3 is 0 Å². The van der Waals surface area contributed by atoms with Gasteiger partial charge in [0, 0.05) is 17.8 Å². The van der Waals surface area contributed by atoms with Crippen LogP contribution in [-0.2, 0) is 13.8 Å². The number of benzene rings is 1. The molecule has 0 saturated carbocycles. The predicted molar refractivity (Wildman–Crippen MR) is 66.3 cm³/mol. The van der Waals surface area contributed by atoms with Crippen molar-refractivity contribution in [1.82, 2.24) is 0 Å². The fourth-order valence-corrected chi connectivity index (χ4v) is 3.24. The Morgan fingerprint density at radius 2 is 1.71 bits per heavy atom. The lowest BCUT2D eigenvalue weighted by atomic mass is 10.1. The Balaban J connectivity index is 3.02. The van der Waals surface area contributed by atoms with Crippen molar-refractivity contribution < 1.29 is 17.9 Å². The Morgan fingerprint density at radius 3 is 2.12 bits per heavy atom. The number of hydrogen-bond acceptors (Lipinski definition) is 4. The van der Waals surface area contributed by atoms with E-state index in [1.165, 1.54) is 0 Å². The Hall–Kier alpha value is -0.780. The zero-order valence-corrected chi connectivity index (χ0v) is 11.6. The van der Waals surface area contributed by atoms with Crippen LogP contribution in [0.1, 0.15) is 11.1 Å². The molecular weight excluding hydrogens is 264 g/mol. The Morgan fingerprint density at radius 1 is 1.18 bits per heavy atom. The number of hydrogen-bond donors (Lipinski definition) is 0. The summed E-state index contributed by atoms with van der Waals surface area (Å²) < 4.78 is 33.0. The molecule has 17 heavy (non-hydrogen) atoms. The number of methoxy groups -OCH3 is 1. The largest absolute Gasteiger partial charge is 0.491 e. The van der Waals surface area contributed by atoms with Gasteiger partial charge in [-0.2, -0.15) is 0 Å². The molecule has 1 rings (SSSR count). The molecular formula is C11H15ClO4S. The second-order valence-corrected chi connectivity index (χ2v) is 6.17. The van der Waals surface area contributed by atoms with E-state index in [1.807, 2.05) is 0 Å². The Kier molecular flexibility index (Phi) is 4.80. The summed E-state index contributed by atoms with van der Waals surface area (Å²) in [6.45, 7) is 4.27. The normalized spacial score (nSPS) is 11.5. The molecule has 0 N–H and O–H groups in total. The summed E-state index contributed by atoms with van der Waals surface area (Å²) in [4.78, 5) is 0.151. The second-order valence-electron chi connectivity index (χ2n) is 3.67. The fraction of sp³-hybridized carbons (Fsp3) is 0.455. The highest BCUT2D eigenvalue weighted by Crippen LogP contribution is 2.28. The first-order valence-electron chi connectivity index (χ1n) is 5.04. The summed E-state index contributed by atoms with van der Waals surface area (Å²) >= 11 is 0. The van der Waals surface area contributed by atoms with E-state index in [0.717, 1.165) is 0 Å². The third kappa shape index (κ3) is 3.87. The number of aryl methyl sites for hydroxylation is 2. The van der Waals surface area contributed by atoms with Crippen molar-refractivity contribution in [3.8, 4) is 5.75 Å². The summed E-state index contributed by atoms with van der Waals surface area (Å²) in [6.07, 6.45) is 0. The molecule has 0 saturated heterocycles. The van der Waals surface area contributed by atoms with Gasteiger partial charge < -0.3 is 9.47 Å². The molecule has 6 heteroatoms. The van der Waals surface area contributed by atoms with Gasteiger partial charge in [-0.05, 0) is 37.1 Å². The first-order valence-corrected chi connectivity index (χ1v) is 7.35. The van der Waals surface area contributed by atoms with Gasteiger partial charge in [0.05, 0.1) is 11.5 Å². The van der Waals surface area contributed by atoms with Crippen LogP contribution >= 0.6 is 10.7 Å². The SMILES string of the molecule is COCCOc1cc(C)c(S(=O)(=O)Cl)c(C)c1. The van der Waals surface area contributed by atoms with Crippen LogP contribution in [0.5, 0.6) is 5.75 Å². The number of rotatable bonds is 5. The quantitative estimate of drug-likeness (QED) is 0.612. The monoisotopic (exact) mass is 278 g/mol. The molecule has 96 valence electrons. The van der Waals surface area contributed by atoms with E-state index >= 15 is 0 Å². The number of ether oxygens (including phenoxy) is 2. The van der Waals surface area contributed by atoms with Gasteiger partial charge in [-0.25, -0.2) is 8.42 Å². The van der Waals surface area contributed by atoms with Gasteiger partial charge in [0.15, 0.2) is 0 Å². The summed E-state index contributed by atoms with van der Waals surface area (Å²) in [7, 11) is 3.23. The first-order chi connectivity index (χ1) is 7.86. The number of halogens is 1. The van der Waals surface area contributed by atoms with Crippen molar-refractivity contribution in [2.24, 2.45) is 0 Å². The van der Waals surface area contributed by atoms with Gasteiger partial charge in [-0.3, -0.25) is 0 Å². The molecule has 1 aromatic carbocycles. The lowest BCUT2D eigenvalue weighted by Crippen LogP contribution is -2.06. The lowest BCUT2D eigenvalue weighted by molar-refractivity contribution is 0.146. The summed E-state index contributed by atoms with van der Waals surface area (Å²) in [5.74, 6) is 0.612. The van der Waals surface area contributed by atoms with Gasteiger partial charge in [-0.1, -0.05) is 0 Å². The Labute approximate surface area is 106 Å². The summed E-state index contributed by atoms with van der Waals surface area (Å²) in [5.41, 5.74) is 1.15. The molecule has 0 atom stereocenters. The molecule has 0 bridgehead atoms. The van der Waals surface area contributed by atoms with E-state index < -0.39 is 9.05 Å². The third-order valence-corrected chi connectivity index (χ3v) is 3.83. The molecule has 0 radical (unpaired) electrons. The first kappa shape index (κ1) is 14.3. The highest BCUT2D eigenvalue weighted by Gasteiger charge is 2.17. The minimum atomic E-state index is -3.71. The van der Waals surface area contributed by atoms with Crippen LogP contribution < -0.4 is 4.74 Å². The molecule has 0 amide bonds. The lowest BCUT2D eigenvalue weighted by Gasteiger charge is -2.11. The van der Waals surface area contributed by atoms with Crippen molar-refractivity contribution >= 4 is 19.7 Å². The van der Waals surface area contributed by atoms with Gasteiger partial charge in [0.2, 0.25) is 0 Å². The van der Waals surface area contributed by atoms with Gasteiger partial charge in [0.1, 0.15) is 12.4 Å². The average Bonchev–Trinajstić information content (AvgIpc) is 2.14. The van der Waals surface area contributed by atoms with Crippen molar-refractivity contribution in [1.29, 1.82) is 0 Å². The molecule has 0 spiro atoms. The maximum absolute atomic E-state index is 11.4. The minimum absolute atomic E-state index is 0.151. The maximum atomic E-state index is 11.4. The topological polar surface area (TPSA) is 52.6 Å². The maximum Gasteiger partial charge on any atom is 0.261 e. The predicted octanol–water partition coefficient (Wildman–Crippen LogP) is 2.26. The zero-order chi connectivity index (χ0) is 13.1. The van der Waals surface area contributed by atoms with Crippen molar-refractivity contribution in [3.05, 3.63) is 23.3 Å². The van der Waals surface area contributed by atoms with Crippen LogP contribution in [0.2, 0.25) is 0 Å². The average molecular weight is 279 g/mol. The minimum Gasteiger partial charge on any atom is -0.491 e. The molecule has 0 aliphatic carbocycles. The highest BCUT2D eigenvalue weighted by atomic mass is 35.7. The van der Waals surface area contributed by atoms with Crippen molar-refractivity contribution in [2.45, 2.75) is 18.7 Å². The van der Waals surface area contributed by atoms with Gasteiger partial charge in [-0.15, -0.1) is 0 Å². The van der Waals surface area contributed by atoms with E-state index in [0.29, 0.717) is 30.1 Å². The van der Waals surface area contributed by atoms with E-state index in [9.17, 15) is 8.42 Å². The van der Waals surface area contributed by atoms with Crippen LogP contribution in [0.15, 0.2) is 17.0 Å². The van der Waals surface area contributed by atoms with Crippen LogP contribution in [0.4, 0.5) is 0 Å². The standard InChI is InChI=1S/C11H15ClO4S/c1-8-6-10(16-5-4-15-3)7-9(2)11(8)17(12,13)14/h6-7H,4-5H2,1-3H3. The van der Waals surface area contributed by atoms with Crippen molar-refractivity contribution in [3.63, 3.8) is 0 Å². The molecule has 4 nitrogen and oxygen atoms in total. The molecule has 0 aromatic heterocycles. The molecule has 0 aliphatic heterocycles. The molecule has 0 unspecified atom stereocenters. The Bertz CT molecular complexity index is 473. The molecule has 1 aromatic rings. The van der Waals surface area contributed by atoms with Crippen LogP contribution in [0, 0.1) is 13.8 Å². The van der Waals surface area contributed by atoms with Gasteiger partial charge in [0.25, 0.3) is 9.05 Å². The third-order valence-electron chi connectivity index (χ3n) is 2.23. The molecule has 0 fully saturated rings. The molecule has 0 aliphatic rings. The van der Waals surface area contributed by atoms with Crippen LogP contribution in [-0.4, -0.2) is 28.7 Å². The highest BCUT2D eigenvalue weighted by molar-refractivity contribution is 8.13. The zero-order valence-electron chi connectivity index (χ0n) is 9.99. The van der Waals surface area contributed by atoms with Crippen LogP contribution in [0.3, 0.4) is 0 Å². The van der Waals surface area contributed by atoms with E-state index in [2.05, 4.69) is 0 Å². The summed E-state index contributed by atoms with van der Waals surface area (Å²) in [5, 5.41) is 0. The van der Waals surface area contributed by atoms with E-state index in [4.69, 9.17) is 20.2 Å². The van der Waals surface area contributed by atoms with E-state index in [1.54, 1.807) is 33.1 Å². The van der Waals surface area contributed by atoms with E-state index in [-0.39, 0.29) is 4.90 Å². The molecule has 0 heterocycles.